The zero-order valence-electron chi connectivity index (χ0n) is 11.8. The van der Waals surface area contributed by atoms with Gasteiger partial charge in [0.2, 0.25) is 0 Å². The van der Waals surface area contributed by atoms with Crippen molar-refractivity contribution in [3.8, 4) is 5.75 Å². The van der Waals surface area contributed by atoms with Gasteiger partial charge in [-0.05, 0) is 13.8 Å². The molecule has 1 aliphatic heterocycles. The number of hydrogen-bond donors (Lipinski definition) is 2. The first-order chi connectivity index (χ1) is 9.51. The molecule has 0 bridgehead atoms. The van der Waals surface area contributed by atoms with Gasteiger partial charge in [-0.3, -0.25) is 0 Å². The minimum absolute atomic E-state index is 0.0487. The van der Waals surface area contributed by atoms with Gasteiger partial charge in [0.15, 0.2) is 11.6 Å². The van der Waals surface area contributed by atoms with Crippen LogP contribution in [-0.2, 0) is 4.74 Å². The quantitative estimate of drug-likeness (QED) is 0.818. The minimum Gasteiger partial charge on any atom is -0.488 e. The number of morpholine rings is 1. The molecular formula is C14H21FN2O3. The predicted molar refractivity (Wildman–Crippen MR) is 75.6 cm³/mol. The molecule has 0 saturated carbocycles. The molecule has 0 aliphatic carbocycles. The van der Waals surface area contributed by atoms with Crippen LogP contribution in [0.5, 0.6) is 5.75 Å². The number of nitrogens with zero attached hydrogens (tertiary/aromatic N) is 1. The molecule has 1 aromatic rings. The van der Waals surface area contributed by atoms with Crippen LogP contribution in [0.15, 0.2) is 12.1 Å². The second-order valence-corrected chi connectivity index (χ2v) is 5.13. The van der Waals surface area contributed by atoms with Crippen molar-refractivity contribution < 1.29 is 19.0 Å². The smallest absolute Gasteiger partial charge is 0.167 e. The number of aliphatic hydroxyl groups excluding tert-OH is 1. The summed E-state index contributed by atoms with van der Waals surface area (Å²) in [6.07, 6.45) is -0.362. The third kappa shape index (κ3) is 3.32. The lowest BCUT2D eigenvalue weighted by Crippen LogP contribution is -2.44. The number of halogens is 1. The van der Waals surface area contributed by atoms with Gasteiger partial charge in [0.05, 0.1) is 36.8 Å². The van der Waals surface area contributed by atoms with Gasteiger partial charge < -0.3 is 25.2 Å². The van der Waals surface area contributed by atoms with Crippen molar-refractivity contribution >= 4 is 11.4 Å². The highest BCUT2D eigenvalue weighted by Gasteiger charge is 2.23. The van der Waals surface area contributed by atoms with Gasteiger partial charge in [-0.2, -0.15) is 0 Å². The van der Waals surface area contributed by atoms with Crippen molar-refractivity contribution in [3.05, 3.63) is 17.9 Å². The highest BCUT2D eigenvalue weighted by atomic mass is 19.1. The Bertz CT molecular complexity index is 468. The normalized spacial score (nSPS) is 19.4. The maximum atomic E-state index is 13.8. The molecule has 0 radical (unpaired) electrons. The van der Waals surface area contributed by atoms with E-state index < -0.39 is 5.82 Å². The molecule has 1 atom stereocenters. The molecular weight excluding hydrogens is 263 g/mol. The summed E-state index contributed by atoms with van der Waals surface area (Å²) in [5.74, 6) is -0.275. The van der Waals surface area contributed by atoms with E-state index in [1.54, 1.807) is 6.07 Å². The Labute approximate surface area is 118 Å². The zero-order valence-corrected chi connectivity index (χ0v) is 11.8. The Morgan fingerprint density at radius 3 is 2.95 bits per heavy atom. The largest absolute Gasteiger partial charge is 0.488 e. The first kappa shape index (κ1) is 14.9. The molecule has 1 fully saturated rings. The molecule has 20 heavy (non-hydrogen) atoms. The summed E-state index contributed by atoms with van der Waals surface area (Å²) in [5.41, 5.74) is 6.97. The van der Waals surface area contributed by atoms with Gasteiger partial charge in [-0.1, -0.05) is 0 Å². The first-order valence-electron chi connectivity index (χ1n) is 6.74. The number of hydrogen-bond acceptors (Lipinski definition) is 5. The van der Waals surface area contributed by atoms with Crippen LogP contribution in [0.2, 0.25) is 0 Å². The van der Waals surface area contributed by atoms with Crippen LogP contribution in [0.3, 0.4) is 0 Å². The van der Waals surface area contributed by atoms with Gasteiger partial charge in [0.1, 0.15) is 0 Å². The molecule has 1 aromatic carbocycles. The zero-order chi connectivity index (χ0) is 14.7. The monoisotopic (exact) mass is 284 g/mol. The number of anilines is 2. The van der Waals surface area contributed by atoms with Crippen molar-refractivity contribution in [1.29, 1.82) is 0 Å². The number of ether oxygens (including phenoxy) is 2. The van der Waals surface area contributed by atoms with E-state index in [1.165, 1.54) is 6.07 Å². The van der Waals surface area contributed by atoms with Gasteiger partial charge in [-0.25, -0.2) is 4.39 Å². The SMILES string of the molecule is CC(C)Oc1cc(N2CCOC(CO)C2)c(N)cc1F. The van der Waals surface area contributed by atoms with Crippen LogP contribution < -0.4 is 15.4 Å². The molecule has 0 amide bonds. The number of benzene rings is 1. The van der Waals surface area contributed by atoms with E-state index in [-0.39, 0.29) is 24.6 Å². The third-order valence-corrected chi connectivity index (χ3v) is 3.13. The van der Waals surface area contributed by atoms with Crippen LogP contribution in [0, 0.1) is 5.82 Å². The average molecular weight is 284 g/mol. The average Bonchev–Trinajstić information content (AvgIpc) is 2.41. The van der Waals surface area contributed by atoms with Gasteiger partial charge >= 0.3 is 0 Å². The van der Waals surface area contributed by atoms with Gasteiger partial charge in [0, 0.05) is 25.2 Å². The maximum absolute atomic E-state index is 13.8. The van der Waals surface area contributed by atoms with Gasteiger partial charge in [-0.15, -0.1) is 0 Å². The number of rotatable bonds is 4. The van der Waals surface area contributed by atoms with E-state index in [0.29, 0.717) is 31.1 Å². The highest BCUT2D eigenvalue weighted by molar-refractivity contribution is 5.70. The number of aliphatic hydroxyl groups is 1. The molecule has 2 rings (SSSR count). The lowest BCUT2D eigenvalue weighted by atomic mass is 10.2. The van der Waals surface area contributed by atoms with Crippen molar-refractivity contribution in [2.45, 2.75) is 26.1 Å². The summed E-state index contributed by atoms with van der Waals surface area (Å²) in [6.45, 7) is 5.30. The Morgan fingerprint density at radius 2 is 2.30 bits per heavy atom. The summed E-state index contributed by atoms with van der Waals surface area (Å²) >= 11 is 0. The third-order valence-electron chi connectivity index (χ3n) is 3.13. The van der Waals surface area contributed by atoms with Crippen molar-refractivity contribution in [2.75, 3.05) is 36.9 Å². The topological polar surface area (TPSA) is 68.0 Å². The number of nitrogen functional groups attached to an aromatic ring is 1. The molecule has 1 heterocycles. The van der Waals surface area contributed by atoms with Crippen molar-refractivity contribution in [1.82, 2.24) is 0 Å². The summed E-state index contributed by atoms with van der Waals surface area (Å²) < 4.78 is 24.7. The fourth-order valence-electron chi connectivity index (χ4n) is 2.22. The Kier molecular flexibility index (Phi) is 4.67. The lowest BCUT2D eigenvalue weighted by Gasteiger charge is -2.34. The molecule has 5 nitrogen and oxygen atoms in total. The van der Waals surface area contributed by atoms with E-state index >= 15 is 0 Å². The van der Waals surface area contributed by atoms with E-state index in [2.05, 4.69) is 0 Å². The fraction of sp³-hybridized carbons (Fsp3) is 0.571. The molecule has 112 valence electrons. The Morgan fingerprint density at radius 1 is 1.55 bits per heavy atom. The van der Waals surface area contributed by atoms with Crippen LogP contribution in [0.4, 0.5) is 15.8 Å². The van der Waals surface area contributed by atoms with Crippen molar-refractivity contribution in [2.24, 2.45) is 0 Å². The van der Waals surface area contributed by atoms with E-state index in [1.807, 2.05) is 18.7 Å². The standard InChI is InChI=1S/C14H21FN2O3/c1-9(2)20-14-6-13(12(16)5-11(14)15)17-3-4-19-10(7-17)8-18/h5-6,9-10,18H,3-4,7-8,16H2,1-2H3. The molecule has 1 aliphatic rings. The first-order valence-corrected chi connectivity index (χ1v) is 6.74. The second-order valence-electron chi connectivity index (χ2n) is 5.13. The van der Waals surface area contributed by atoms with E-state index in [9.17, 15) is 9.50 Å². The minimum atomic E-state index is -0.466. The molecule has 1 unspecified atom stereocenters. The van der Waals surface area contributed by atoms with Crippen molar-refractivity contribution in [3.63, 3.8) is 0 Å². The summed E-state index contributed by atoms with van der Waals surface area (Å²) in [5, 5.41) is 9.18. The Balaban J connectivity index is 2.26. The second kappa shape index (κ2) is 6.28. The van der Waals surface area contributed by atoms with E-state index in [0.717, 1.165) is 0 Å². The summed E-state index contributed by atoms with van der Waals surface area (Å²) in [7, 11) is 0. The number of nitrogens with two attached hydrogens (primary N) is 1. The fourth-order valence-corrected chi connectivity index (χ4v) is 2.22. The molecule has 0 spiro atoms. The molecule has 1 saturated heterocycles. The predicted octanol–water partition coefficient (Wildman–Crippen LogP) is 1.39. The van der Waals surface area contributed by atoms with Crippen LogP contribution in [-0.4, -0.2) is 43.6 Å². The van der Waals surface area contributed by atoms with Crippen LogP contribution in [0.1, 0.15) is 13.8 Å². The van der Waals surface area contributed by atoms with E-state index in [4.69, 9.17) is 15.2 Å². The lowest BCUT2D eigenvalue weighted by molar-refractivity contribution is 0.00359. The highest BCUT2D eigenvalue weighted by Crippen LogP contribution is 2.32. The summed E-state index contributed by atoms with van der Waals surface area (Å²) in [4.78, 5) is 1.98. The van der Waals surface area contributed by atoms with Crippen LogP contribution in [0.25, 0.3) is 0 Å². The molecule has 3 N–H and O–H groups in total. The summed E-state index contributed by atoms with van der Waals surface area (Å²) in [6, 6.07) is 2.89. The molecule has 0 aromatic heterocycles. The maximum Gasteiger partial charge on any atom is 0.167 e. The Hall–Kier alpha value is -1.53. The molecule has 6 heteroatoms. The van der Waals surface area contributed by atoms with Gasteiger partial charge in [0.25, 0.3) is 0 Å². The van der Waals surface area contributed by atoms with Crippen LogP contribution >= 0.6 is 0 Å².